The summed E-state index contributed by atoms with van der Waals surface area (Å²) in [6.07, 6.45) is 12.5. The molecular weight excluding hydrogens is 340 g/mol. The van der Waals surface area contributed by atoms with Crippen molar-refractivity contribution in [2.45, 2.75) is 77.4 Å². The standard InChI is InChI=1S/C23H38O4/c1-2-3-4-5-6-7-10-21-12-14-22(15-13-21)25-19-17-24-18-20-27-23-11-8-9-16-26-23/h12-15,23H,2-11,16-20H2,1H3. The molecule has 4 nitrogen and oxygen atoms in total. The molecule has 0 bridgehead atoms. The molecule has 0 saturated carbocycles. The highest BCUT2D eigenvalue weighted by molar-refractivity contribution is 5.27. The summed E-state index contributed by atoms with van der Waals surface area (Å²) in [5.74, 6) is 0.914. The molecule has 0 radical (unpaired) electrons. The molecule has 154 valence electrons. The first-order valence-electron chi connectivity index (χ1n) is 10.9. The van der Waals surface area contributed by atoms with E-state index in [1.54, 1.807) is 0 Å². The Morgan fingerprint density at radius 1 is 0.889 bits per heavy atom. The number of benzene rings is 1. The zero-order chi connectivity index (χ0) is 19.0. The van der Waals surface area contributed by atoms with Crippen molar-refractivity contribution in [1.29, 1.82) is 0 Å². The van der Waals surface area contributed by atoms with Gasteiger partial charge in [0.25, 0.3) is 0 Å². The lowest BCUT2D eigenvalue weighted by atomic mass is 10.0. The van der Waals surface area contributed by atoms with E-state index in [0.717, 1.165) is 25.2 Å². The molecule has 0 N–H and O–H groups in total. The average molecular weight is 379 g/mol. The van der Waals surface area contributed by atoms with Gasteiger partial charge in [-0.15, -0.1) is 0 Å². The molecule has 1 aromatic rings. The van der Waals surface area contributed by atoms with Crippen molar-refractivity contribution in [1.82, 2.24) is 0 Å². The van der Waals surface area contributed by atoms with Crippen molar-refractivity contribution >= 4 is 0 Å². The van der Waals surface area contributed by atoms with Gasteiger partial charge in [-0.05, 0) is 49.8 Å². The maximum atomic E-state index is 5.74. The Morgan fingerprint density at radius 3 is 2.44 bits per heavy atom. The van der Waals surface area contributed by atoms with Crippen molar-refractivity contribution in [2.24, 2.45) is 0 Å². The quantitative estimate of drug-likeness (QED) is 0.376. The van der Waals surface area contributed by atoms with Gasteiger partial charge in [0, 0.05) is 6.61 Å². The summed E-state index contributed by atoms with van der Waals surface area (Å²) in [5, 5.41) is 0. The minimum atomic E-state index is -0.0338. The Balaban J connectivity index is 1.44. The van der Waals surface area contributed by atoms with E-state index in [4.69, 9.17) is 18.9 Å². The average Bonchev–Trinajstić information content (AvgIpc) is 2.71. The summed E-state index contributed by atoms with van der Waals surface area (Å²) >= 11 is 0. The number of hydrogen-bond acceptors (Lipinski definition) is 4. The number of ether oxygens (including phenoxy) is 4. The van der Waals surface area contributed by atoms with Crippen LogP contribution >= 0.6 is 0 Å². The lowest BCUT2D eigenvalue weighted by Crippen LogP contribution is -2.24. The number of unbranched alkanes of at least 4 members (excludes halogenated alkanes) is 5. The maximum Gasteiger partial charge on any atom is 0.157 e. The van der Waals surface area contributed by atoms with Crippen LogP contribution in [-0.4, -0.2) is 39.3 Å². The van der Waals surface area contributed by atoms with Crippen LogP contribution in [0.5, 0.6) is 5.75 Å². The molecule has 1 aliphatic rings. The van der Waals surface area contributed by atoms with Gasteiger partial charge >= 0.3 is 0 Å². The molecule has 0 aromatic heterocycles. The smallest absolute Gasteiger partial charge is 0.157 e. The van der Waals surface area contributed by atoms with E-state index in [1.807, 2.05) is 0 Å². The van der Waals surface area contributed by atoms with E-state index in [0.29, 0.717) is 26.4 Å². The summed E-state index contributed by atoms with van der Waals surface area (Å²) in [7, 11) is 0. The zero-order valence-corrected chi connectivity index (χ0v) is 17.1. The normalized spacial score (nSPS) is 17.1. The van der Waals surface area contributed by atoms with Gasteiger partial charge in [0.1, 0.15) is 12.4 Å². The molecule has 1 fully saturated rings. The Kier molecular flexibility index (Phi) is 12.2. The fourth-order valence-corrected chi connectivity index (χ4v) is 3.26. The van der Waals surface area contributed by atoms with Crippen LogP contribution in [0.25, 0.3) is 0 Å². The molecule has 1 atom stereocenters. The van der Waals surface area contributed by atoms with Gasteiger partial charge in [-0.1, -0.05) is 51.2 Å². The van der Waals surface area contributed by atoms with E-state index < -0.39 is 0 Å². The van der Waals surface area contributed by atoms with E-state index in [1.165, 1.54) is 56.9 Å². The second-order valence-electron chi connectivity index (χ2n) is 7.29. The maximum absolute atomic E-state index is 5.74. The van der Waals surface area contributed by atoms with E-state index in [-0.39, 0.29) is 6.29 Å². The monoisotopic (exact) mass is 378 g/mol. The predicted octanol–water partition coefficient (Wildman–Crippen LogP) is 5.53. The second-order valence-corrected chi connectivity index (χ2v) is 7.29. The molecule has 1 heterocycles. The summed E-state index contributed by atoms with van der Waals surface area (Å²) in [6.45, 7) is 5.39. The first-order chi connectivity index (χ1) is 13.4. The van der Waals surface area contributed by atoms with Crippen molar-refractivity contribution in [3.8, 4) is 5.75 Å². The second kappa shape index (κ2) is 14.9. The Bertz CT molecular complexity index is 454. The van der Waals surface area contributed by atoms with Gasteiger partial charge in [-0.3, -0.25) is 0 Å². The van der Waals surface area contributed by atoms with E-state index in [9.17, 15) is 0 Å². The fraction of sp³-hybridized carbons (Fsp3) is 0.739. The van der Waals surface area contributed by atoms with Crippen LogP contribution in [0.1, 0.15) is 70.3 Å². The van der Waals surface area contributed by atoms with Crippen LogP contribution < -0.4 is 4.74 Å². The summed E-state index contributed by atoms with van der Waals surface area (Å²) < 4.78 is 22.4. The third-order valence-corrected chi connectivity index (χ3v) is 4.91. The van der Waals surface area contributed by atoms with Crippen molar-refractivity contribution in [2.75, 3.05) is 33.0 Å². The molecule has 1 saturated heterocycles. The van der Waals surface area contributed by atoms with Crippen LogP contribution in [0.2, 0.25) is 0 Å². The largest absolute Gasteiger partial charge is 0.491 e. The molecule has 0 spiro atoms. The van der Waals surface area contributed by atoms with Crippen molar-refractivity contribution < 1.29 is 18.9 Å². The molecule has 0 aliphatic carbocycles. The minimum Gasteiger partial charge on any atom is -0.491 e. The highest BCUT2D eigenvalue weighted by Gasteiger charge is 2.13. The van der Waals surface area contributed by atoms with Crippen LogP contribution in [0.4, 0.5) is 0 Å². The Morgan fingerprint density at radius 2 is 1.67 bits per heavy atom. The van der Waals surface area contributed by atoms with Crippen LogP contribution in [0.3, 0.4) is 0 Å². The molecule has 1 aliphatic heterocycles. The number of hydrogen-bond donors (Lipinski definition) is 0. The molecular formula is C23H38O4. The molecule has 1 aromatic carbocycles. The first kappa shape index (κ1) is 22.2. The molecule has 1 unspecified atom stereocenters. The van der Waals surface area contributed by atoms with Crippen LogP contribution in [0, 0.1) is 0 Å². The summed E-state index contributed by atoms with van der Waals surface area (Å²) in [5.41, 5.74) is 1.40. The molecule has 27 heavy (non-hydrogen) atoms. The zero-order valence-electron chi connectivity index (χ0n) is 17.1. The minimum absolute atomic E-state index is 0.0338. The fourth-order valence-electron chi connectivity index (χ4n) is 3.26. The van der Waals surface area contributed by atoms with E-state index in [2.05, 4.69) is 31.2 Å². The van der Waals surface area contributed by atoms with Crippen molar-refractivity contribution in [3.05, 3.63) is 29.8 Å². The van der Waals surface area contributed by atoms with Crippen LogP contribution in [-0.2, 0) is 20.6 Å². The Hall–Kier alpha value is -1.10. The van der Waals surface area contributed by atoms with Gasteiger partial charge < -0.3 is 18.9 Å². The van der Waals surface area contributed by atoms with Gasteiger partial charge in [0.05, 0.1) is 19.8 Å². The topological polar surface area (TPSA) is 36.9 Å². The Labute approximate surface area is 165 Å². The highest BCUT2D eigenvalue weighted by Crippen LogP contribution is 2.15. The third-order valence-electron chi connectivity index (χ3n) is 4.91. The highest BCUT2D eigenvalue weighted by atomic mass is 16.7. The third kappa shape index (κ3) is 10.7. The number of aryl methyl sites for hydroxylation is 1. The molecule has 0 amide bonds. The molecule has 4 heteroatoms. The van der Waals surface area contributed by atoms with Gasteiger partial charge in [0.2, 0.25) is 0 Å². The van der Waals surface area contributed by atoms with Crippen molar-refractivity contribution in [3.63, 3.8) is 0 Å². The number of rotatable bonds is 15. The van der Waals surface area contributed by atoms with Gasteiger partial charge in [0.15, 0.2) is 6.29 Å². The summed E-state index contributed by atoms with van der Waals surface area (Å²) in [4.78, 5) is 0. The lowest BCUT2D eigenvalue weighted by Gasteiger charge is -2.22. The SMILES string of the molecule is CCCCCCCCc1ccc(OCCOCCOC2CCCCO2)cc1. The van der Waals surface area contributed by atoms with Gasteiger partial charge in [-0.2, -0.15) is 0 Å². The lowest BCUT2D eigenvalue weighted by molar-refractivity contribution is -0.169. The predicted molar refractivity (Wildman–Crippen MR) is 109 cm³/mol. The van der Waals surface area contributed by atoms with Crippen LogP contribution in [0.15, 0.2) is 24.3 Å². The first-order valence-corrected chi connectivity index (χ1v) is 10.9. The molecule has 2 rings (SSSR count). The van der Waals surface area contributed by atoms with E-state index >= 15 is 0 Å². The van der Waals surface area contributed by atoms with Gasteiger partial charge in [-0.25, -0.2) is 0 Å². The summed E-state index contributed by atoms with van der Waals surface area (Å²) in [6, 6.07) is 8.49.